The summed E-state index contributed by atoms with van der Waals surface area (Å²) in [5, 5.41) is 2.90. The molecule has 2 bridgehead atoms. The minimum Gasteiger partial charge on any atom is -0.469 e. The van der Waals surface area contributed by atoms with Gasteiger partial charge in [-0.1, -0.05) is 0 Å². The molecule has 4 rings (SSSR count). The number of ketones is 1. The van der Waals surface area contributed by atoms with Crippen molar-refractivity contribution >= 4 is 17.7 Å². The van der Waals surface area contributed by atoms with Crippen molar-refractivity contribution in [3.05, 3.63) is 23.7 Å². The predicted octanol–water partition coefficient (Wildman–Crippen LogP) is 2.32. The first-order chi connectivity index (χ1) is 12.0. The van der Waals surface area contributed by atoms with Crippen LogP contribution in [0.3, 0.4) is 0 Å². The number of esters is 1. The highest BCUT2D eigenvalue weighted by Crippen LogP contribution is 2.74. The second-order valence-corrected chi connectivity index (χ2v) is 7.64. The highest BCUT2D eigenvalue weighted by atomic mass is 16.5. The van der Waals surface area contributed by atoms with E-state index in [1.165, 1.54) is 14.0 Å². The van der Waals surface area contributed by atoms with Crippen LogP contribution in [0.5, 0.6) is 0 Å². The van der Waals surface area contributed by atoms with E-state index >= 15 is 0 Å². The maximum atomic E-state index is 12.9. The van der Waals surface area contributed by atoms with Crippen molar-refractivity contribution in [1.82, 2.24) is 5.32 Å². The minimum atomic E-state index is -0.323. The molecule has 1 spiro atoms. The Labute approximate surface area is 146 Å². The van der Waals surface area contributed by atoms with Gasteiger partial charge in [0.15, 0.2) is 11.5 Å². The zero-order valence-electron chi connectivity index (χ0n) is 14.5. The van der Waals surface area contributed by atoms with Crippen LogP contribution >= 0.6 is 0 Å². The SMILES string of the molecule is COC(=O)[C@H]1C(C(=O)NCc2ccc(C(C)=O)o2)[C@@H]2CC[C@H]1C21CC1. The third-order valence-corrected chi connectivity index (χ3v) is 6.57. The fraction of sp³-hybridized carbons (Fsp3) is 0.632. The van der Waals surface area contributed by atoms with Gasteiger partial charge in [0.1, 0.15) is 5.76 Å². The van der Waals surface area contributed by atoms with Crippen molar-refractivity contribution in [1.29, 1.82) is 0 Å². The molecular formula is C19H23NO5. The molecular weight excluding hydrogens is 322 g/mol. The lowest BCUT2D eigenvalue weighted by Gasteiger charge is -2.27. The van der Waals surface area contributed by atoms with E-state index in [4.69, 9.17) is 9.15 Å². The first kappa shape index (κ1) is 16.4. The number of carbonyl (C=O) groups excluding carboxylic acids is 3. The van der Waals surface area contributed by atoms with Gasteiger partial charge in [0, 0.05) is 6.92 Å². The maximum absolute atomic E-state index is 12.9. The molecule has 3 saturated carbocycles. The molecule has 1 aromatic rings. The molecule has 0 aromatic carbocycles. The average Bonchev–Trinajstić information content (AvgIpc) is 3.01. The van der Waals surface area contributed by atoms with Gasteiger partial charge in [0.05, 0.1) is 25.5 Å². The van der Waals surface area contributed by atoms with Crippen LogP contribution in [0.2, 0.25) is 0 Å². The molecule has 0 radical (unpaired) electrons. The first-order valence-corrected chi connectivity index (χ1v) is 8.93. The molecule has 134 valence electrons. The number of furan rings is 1. The Kier molecular flexibility index (Phi) is 3.74. The summed E-state index contributed by atoms with van der Waals surface area (Å²) in [5.41, 5.74) is 0.202. The molecule has 6 heteroatoms. The number of methoxy groups -OCH3 is 1. The predicted molar refractivity (Wildman–Crippen MR) is 87.4 cm³/mol. The molecule has 1 unspecified atom stereocenters. The molecule has 0 saturated heterocycles. The van der Waals surface area contributed by atoms with E-state index < -0.39 is 0 Å². The van der Waals surface area contributed by atoms with Crippen LogP contribution in [-0.4, -0.2) is 24.8 Å². The minimum absolute atomic E-state index is 0.102. The second-order valence-electron chi connectivity index (χ2n) is 7.64. The number of hydrogen-bond donors (Lipinski definition) is 1. The van der Waals surface area contributed by atoms with Gasteiger partial charge in [0.25, 0.3) is 0 Å². The molecule has 6 nitrogen and oxygen atoms in total. The van der Waals surface area contributed by atoms with Crippen LogP contribution in [0.4, 0.5) is 0 Å². The van der Waals surface area contributed by atoms with Crippen molar-refractivity contribution in [2.75, 3.05) is 7.11 Å². The van der Waals surface area contributed by atoms with Crippen LogP contribution in [0.15, 0.2) is 16.5 Å². The lowest BCUT2D eigenvalue weighted by atomic mass is 9.78. The van der Waals surface area contributed by atoms with Gasteiger partial charge in [-0.2, -0.15) is 0 Å². The largest absolute Gasteiger partial charge is 0.469 e. The Morgan fingerprint density at radius 3 is 2.44 bits per heavy atom. The van der Waals surface area contributed by atoms with Gasteiger partial charge < -0.3 is 14.5 Å². The highest BCUT2D eigenvalue weighted by molar-refractivity contribution is 5.91. The molecule has 3 aliphatic carbocycles. The van der Waals surface area contributed by atoms with Gasteiger partial charge in [-0.05, 0) is 55.1 Å². The monoisotopic (exact) mass is 345 g/mol. The van der Waals surface area contributed by atoms with E-state index in [1.807, 2.05) is 0 Å². The van der Waals surface area contributed by atoms with Gasteiger partial charge in [-0.3, -0.25) is 14.4 Å². The first-order valence-electron chi connectivity index (χ1n) is 8.93. The summed E-state index contributed by atoms with van der Waals surface area (Å²) in [6.07, 6.45) is 4.29. The van der Waals surface area contributed by atoms with E-state index in [2.05, 4.69) is 5.32 Å². The van der Waals surface area contributed by atoms with Crippen molar-refractivity contribution in [2.45, 2.75) is 39.2 Å². The van der Waals surface area contributed by atoms with Crippen LogP contribution in [0, 0.1) is 29.1 Å². The summed E-state index contributed by atoms with van der Waals surface area (Å²) in [7, 11) is 1.40. The molecule has 1 aromatic heterocycles. The Morgan fingerprint density at radius 2 is 1.88 bits per heavy atom. The summed E-state index contributed by atoms with van der Waals surface area (Å²) in [5.74, 6) is 0.259. The molecule has 1 heterocycles. The summed E-state index contributed by atoms with van der Waals surface area (Å²) in [6, 6.07) is 3.30. The Morgan fingerprint density at radius 1 is 1.20 bits per heavy atom. The number of rotatable bonds is 5. The fourth-order valence-corrected chi connectivity index (χ4v) is 5.42. The van der Waals surface area contributed by atoms with Crippen molar-refractivity contribution in [3.63, 3.8) is 0 Å². The molecule has 0 aliphatic heterocycles. The summed E-state index contributed by atoms with van der Waals surface area (Å²) >= 11 is 0. The molecule has 1 amide bonds. The van der Waals surface area contributed by atoms with Gasteiger partial charge in [-0.25, -0.2) is 0 Å². The molecule has 25 heavy (non-hydrogen) atoms. The van der Waals surface area contributed by atoms with E-state index in [-0.39, 0.29) is 59.1 Å². The summed E-state index contributed by atoms with van der Waals surface area (Å²) in [4.78, 5) is 36.5. The normalized spacial score (nSPS) is 31.1. The van der Waals surface area contributed by atoms with E-state index in [0.717, 1.165) is 25.7 Å². The molecule has 1 N–H and O–H groups in total. The number of carbonyl (C=O) groups is 3. The third-order valence-electron chi connectivity index (χ3n) is 6.57. The number of hydrogen-bond acceptors (Lipinski definition) is 5. The lowest BCUT2D eigenvalue weighted by Crippen LogP contribution is -2.41. The van der Waals surface area contributed by atoms with E-state index in [9.17, 15) is 14.4 Å². The topological polar surface area (TPSA) is 85.6 Å². The Balaban J connectivity index is 1.48. The lowest BCUT2D eigenvalue weighted by molar-refractivity contribution is -0.152. The number of nitrogens with one attached hydrogen (secondary N) is 1. The summed E-state index contributed by atoms with van der Waals surface area (Å²) in [6.45, 7) is 1.66. The van der Waals surface area contributed by atoms with Crippen molar-refractivity contribution in [3.8, 4) is 0 Å². The van der Waals surface area contributed by atoms with Crippen LogP contribution < -0.4 is 5.32 Å². The second kappa shape index (κ2) is 5.71. The van der Waals surface area contributed by atoms with Crippen LogP contribution in [0.1, 0.15) is 48.9 Å². The van der Waals surface area contributed by atoms with Crippen LogP contribution in [-0.2, 0) is 20.9 Å². The number of ether oxygens (including phenoxy) is 1. The smallest absolute Gasteiger partial charge is 0.309 e. The van der Waals surface area contributed by atoms with Gasteiger partial charge in [0.2, 0.25) is 5.91 Å². The van der Waals surface area contributed by atoms with E-state index in [0.29, 0.717) is 5.76 Å². The maximum Gasteiger partial charge on any atom is 0.309 e. The molecule has 3 fully saturated rings. The van der Waals surface area contributed by atoms with Crippen molar-refractivity contribution < 1.29 is 23.5 Å². The third kappa shape index (κ3) is 2.41. The number of Topliss-reactive ketones (excluding diaryl/α,β-unsaturated/α-hetero) is 1. The zero-order chi connectivity index (χ0) is 17.8. The van der Waals surface area contributed by atoms with E-state index in [1.54, 1.807) is 12.1 Å². The Hall–Kier alpha value is -2.11. The summed E-state index contributed by atoms with van der Waals surface area (Å²) < 4.78 is 10.4. The highest BCUT2D eigenvalue weighted by Gasteiger charge is 2.71. The van der Waals surface area contributed by atoms with Gasteiger partial charge >= 0.3 is 5.97 Å². The standard InChI is InChI=1S/C19H23NO5/c1-10(21)14-6-3-11(25-14)9-20-17(22)15-12-4-5-13(19(12)7-8-19)16(15)18(23)24-2/h3,6,12-13,15-16H,4-5,7-9H2,1-2H3,(H,20,22)/t12-,13+,15?,16+/m0/s1. The molecule has 4 atom stereocenters. The average molecular weight is 345 g/mol. The zero-order valence-corrected chi connectivity index (χ0v) is 14.5. The number of amides is 1. The van der Waals surface area contributed by atoms with Crippen molar-refractivity contribution in [2.24, 2.45) is 29.1 Å². The molecule has 3 aliphatic rings. The van der Waals surface area contributed by atoms with Crippen LogP contribution in [0.25, 0.3) is 0 Å². The fourth-order valence-electron chi connectivity index (χ4n) is 5.42. The van der Waals surface area contributed by atoms with Gasteiger partial charge in [-0.15, -0.1) is 0 Å². The quantitative estimate of drug-likeness (QED) is 0.654. The Bertz CT molecular complexity index is 732.